The molecule has 2 rings (SSSR count). The Labute approximate surface area is 95.5 Å². The summed E-state index contributed by atoms with van der Waals surface area (Å²) < 4.78 is 22.8. The Morgan fingerprint density at radius 2 is 1.81 bits per heavy atom. The molecule has 81 valence electrons. The molecule has 0 spiro atoms. The summed E-state index contributed by atoms with van der Waals surface area (Å²) in [5.74, 6) is 0. The van der Waals surface area contributed by atoms with Crippen molar-refractivity contribution in [2.45, 2.75) is 4.90 Å². The lowest BCUT2D eigenvalue weighted by molar-refractivity contribution is 0.602. The fraction of sp³-hybridized carbons (Fsp3) is 0.0769. The van der Waals surface area contributed by atoms with Gasteiger partial charge in [0.25, 0.3) is 0 Å². The summed E-state index contributed by atoms with van der Waals surface area (Å²) in [5, 5.41) is 0. The molecule has 0 saturated carbocycles. The predicted molar refractivity (Wildman–Crippen MR) is 63.8 cm³/mol. The van der Waals surface area contributed by atoms with Gasteiger partial charge in [-0.25, -0.2) is 8.42 Å². The molecule has 0 heterocycles. The van der Waals surface area contributed by atoms with Crippen molar-refractivity contribution in [3.05, 3.63) is 54.6 Å². The van der Waals surface area contributed by atoms with E-state index in [1.807, 2.05) is 30.3 Å². The van der Waals surface area contributed by atoms with Crippen LogP contribution in [0.5, 0.6) is 0 Å². The smallest absolute Gasteiger partial charge is 0.175 e. The topological polar surface area (TPSA) is 34.1 Å². The second-order valence-corrected chi connectivity index (χ2v) is 5.61. The van der Waals surface area contributed by atoms with Gasteiger partial charge < -0.3 is 0 Å². The minimum atomic E-state index is -3.14. The van der Waals surface area contributed by atoms with Crippen molar-refractivity contribution in [1.82, 2.24) is 0 Å². The van der Waals surface area contributed by atoms with Gasteiger partial charge in [0.1, 0.15) is 0 Å². The molecule has 2 aromatic rings. The van der Waals surface area contributed by atoms with Gasteiger partial charge in [-0.05, 0) is 35.4 Å². The first-order valence-electron chi connectivity index (χ1n) is 4.84. The molecule has 0 amide bonds. The van der Waals surface area contributed by atoms with Crippen LogP contribution in [0.2, 0.25) is 0 Å². The van der Waals surface area contributed by atoms with Gasteiger partial charge in [-0.1, -0.05) is 30.3 Å². The molecule has 3 heteroatoms. The van der Waals surface area contributed by atoms with Crippen LogP contribution in [0, 0.1) is 6.07 Å². The van der Waals surface area contributed by atoms with E-state index in [0.29, 0.717) is 4.90 Å². The third-order valence-electron chi connectivity index (χ3n) is 2.30. The Bertz CT molecular complexity index is 586. The van der Waals surface area contributed by atoms with Gasteiger partial charge >= 0.3 is 0 Å². The van der Waals surface area contributed by atoms with Gasteiger partial charge in [0.15, 0.2) is 9.84 Å². The van der Waals surface area contributed by atoms with Crippen LogP contribution in [0.4, 0.5) is 0 Å². The average molecular weight is 231 g/mol. The van der Waals surface area contributed by atoms with E-state index in [1.54, 1.807) is 18.2 Å². The Morgan fingerprint density at radius 1 is 1.06 bits per heavy atom. The van der Waals surface area contributed by atoms with Crippen molar-refractivity contribution >= 4 is 9.84 Å². The quantitative estimate of drug-likeness (QED) is 0.796. The van der Waals surface area contributed by atoms with E-state index in [4.69, 9.17) is 0 Å². The number of hydrogen-bond donors (Lipinski definition) is 0. The van der Waals surface area contributed by atoms with Crippen molar-refractivity contribution in [3.8, 4) is 11.1 Å². The number of benzene rings is 2. The molecule has 0 bridgehead atoms. The van der Waals surface area contributed by atoms with Crippen molar-refractivity contribution < 1.29 is 8.42 Å². The zero-order chi connectivity index (χ0) is 11.6. The zero-order valence-electron chi connectivity index (χ0n) is 8.84. The number of rotatable bonds is 2. The van der Waals surface area contributed by atoms with E-state index in [9.17, 15) is 8.42 Å². The molecule has 2 nitrogen and oxygen atoms in total. The molecule has 0 aliphatic carbocycles. The summed E-state index contributed by atoms with van der Waals surface area (Å²) in [6.45, 7) is 0. The first kappa shape index (κ1) is 10.9. The van der Waals surface area contributed by atoms with Gasteiger partial charge in [-0.3, -0.25) is 0 Å². The fourth-order valence-corrected chi connectivity index (χ4v) is 2.15. The molecule has 2 aromatic carbocycles. The highest BCUT2D eigenvalue weighted by Gasteiger charge is 2.07. The van der Waals surface area contributed by atoms with E-state index >= 15 is 0 Å². The molecule has 0 fully saturated rings. The van der Waals surface area contributed by atoms with Gasteiger partial charge in [0.05, 0.1) is 4.90 Å². The van der Waals surface area contributed by atoms with Crippen LogP contribution in [-0.2, 0) is 9.84 Å². The van der Waals surface area contributed by atoms with Crippen molar-refractivity contribution in [2.75, 3.05) is 6.26 Å². The van der Waals surface area contributed by atoms with E-state index in [2.05, 4.69) is 6.07 Å². The minimum Gasteiger partial charge on any atom is -0.224 e. The Hall–Kier alpha value is -1.61. The fourth-order valence-electron chi connectivity index (χ4n) is 1.48. The van der Waals surface area contributed by atoms with Gasteiger partial charge in [0, 0.05) is 6.26 Å². The molecule has 0 unspecified atom stereocenters. The maximum atomic E-state index is 11.4. The third kappa shape index (κ3) is 2.31. The predicted octanol–water partition coefficient (Wildman–Crippen LogP) is 2.56. The van der Waals surface area contributed by atoms with Crippen molar-refractivity contribution in [3.63, 3.8) is 0 Å². The molecule has 1 radical (unpaired) electrons. The number of sulfone groups is 1. The molecule has 0 aliphatic heterocycles. The van der Waals surface area contributed by atoms with Crippen LogP contribution in [0.1, 0.15) is 0 Å². The molecule has 0 aliphatic rings. The molecule has 16 heavy (non-hydrogen) atoms. The van der Waals surface area contributed by atoms with Crippen LogP contribution in [0.15, 0.2) is 53.4 Å². The molecular weight excluding hydrogens is 220 g/mol. The molecule has 0 atom stereocenters. The normalized spacial score (nSPS) is 11.3. The lowest BCUT2D eigenvalue weighted by atomic mass is 10.1. The summed E-state index contributed by atoms with van der Waals surface area (Å²) in [4.78, 5) is 0.342. The van der Waals surface area contributed by atoms with Crippen LogP contribution in [0.3, 0.4) is 0 Å². The maximum absolute atomic E-state index is 11.4. The standard InChI is InChI=1S/C13H11O2S/c1-16(14,15)13-9-5-8-12(10-13)11-6-3-2-4-7-11/h2-3,5-10H,1H3. The number of hydrogen-bond acceptors (Lipinski definition) is 2. The Morgan fingerprint density at radius 3 is 2.44 bits per heavy atom. The van der Waals surface area contributed by atoms with E-state index < -0.39 is 9.84 Å². The van der Waals surface area contributed by atoms with Gasteiger partial charge in [-0.2, -0.15) is 0 Å². The van der Waals surface area contributed by atoms with E-state index in [1.165, 1.54) is 6.26 Å². The lowest BCUT2D eigenvalue weighted by Crippen LogP contribution is -1.96. The van der Waals surface area contributed by atoms with Crippen LogP contribution < -0.4 is 0 Å². The second-order valence-electron chi connectivity index (χ2n) is 3.59. The first-order valence-corrected chi connectivity index (χ1v) is 6.73. The largest absolute Gasteiger partial charge is 0.224 e. The highest BCUT2D eigenvalue weighted by Crippen LogP contribution is 2.21. The average Bonchev–Trinajstić information content (AvgIpc) is 2.29. The summed E-state index contributed by atoms with van der Waals surface area (Å²) in [7, 11) is -3.14. The maximum Gasteiger partial charge on any atom is 0.175 e. The molecule has 0 aromatic heterocycles. The third-order valence-corrected chi connectivity index (χ3v) is 3.41. The minimum absolute atomic E-state index is 0.342. The monoisotopic (exact) mass is 231 g/mol. The summed E-state index contributed by atoms with van der Waals surface area (Å²) in [6, 6.07) is 17.3. The van der Waals surface area contributed by atoms with E-state index in [0.717, 1.165) is 11.1 Å². The SMILES string of the molecule is CS(=O)(=O)c1cccc(-c2c[c]ccc2)c1. The highest BCUT2D eigenvalue weighted by molar-refractivity contribution is 7.90. The van der Waals surface area contributed by atoms with Crippen LogP contribution in [0.25, 0.3) is 11.1 Å². The summed E-state index contributed by atoms with van der Waals surface area (Å²) >= 11 is 0. The van der Waals surface area contributed by atoms with Crippen LogP contribution in [-0.4, -0.2) is 14.7 Å². The molecular formula is C13H11O2S. The molecule has 0 saturated heterocycles. The lowest BCUT2D eigenvalue weighted by Gasteiger charge is -2.03. The zero-order valence-corrected chi connectivity index (χ0v) is 9.66. The summed E-state index contributed by atoms with van der Waals surface area (Å²) in [5.41, 5.74) is 1.85. The second kappa shape index (κ2) is 4.10. The van der Waals surface area contributed by atoms with Gasteiger partial charge in [0.2, 0.25) is 0 Å². The van der Waals surface area contributed by atoms with Crippen molar-refractivity contribution in [1.29, 1.82) is 0 Å². The van der Waals surface area contributed by atoms with Crippen LogP contribution >= 0.6 is 0 Å². The highest BCUT2D eigenvalue weighted by atomic mass is 32.2. The Kier molecular flexibility index (Phi) is 2.79. The Balaban J connectivity index is 2.53. The summed E-state index contributed by atoms with van der Waals surface area (Å²) in [6.07, 6.45) is 1.21. The first-order chi connectivity index (χ1) is 7.57. The van der Waals surface area contributed by atoms with E-state index in [-0.39, 0.29) is 0 Å². The van der Waals surface area contributed by atoms with Gasteiger partial charge in [-0.15, -0.1) is 0 Å². The van der Waals surface area contributed by atoms with Crippen molar-refractivity contribution in [2.24, 2.45) is 0 Å². The molecule has 0 N–H and O–H groups in total.